The molecule has 2 aromatic heterocycles. The molecule has 0 amide bonds. The van der Waals surface area contributed by atoms with Crippen LogP contribution < -0.4 is 5.32 Å². The molecule has 7 nitrogen and oxygen atoms in total. The van der Waals surface area contributed by atoms with Crippen LogP contribution in [0.2, 0.25) is 0 Å². The largest absolute Gasteiger partial charge is 0.508 e. The maximum Gasteiger partial charge on any atom is 0.227 e. The number of nitrogens with one attached hydrogen (secondary N) is 2. The predicted molar refractivity (Wildman–Crippen MR) is 98.0 cm³/mol. The molecular formula is C19H16N6O. The van der Waals surface area contributed by atoms with E-state index in [9.17, 15) is 5.11 Å². The summed E-state index contributed by atoms with van der Waals surface area (Å²) in [4.78, 5) is 13.0. The molecule has 0 bridgehead atoms. The summed E-state index contributed by atoms with van der Waals surface area (Å²) >= 11 is 0. The SMILES string of the molecule is Oc1ccc(Nc2nccc(-c3cccc(Cc4nc[nH]n4)c3)n2)cc1. The highest BCUT2D eigenvalue weighted by Gasteiger charge is 2.06. The van der Waals surface area contributed by atoms with Gasteiger partial charge in [0.2, 0.25) is 5.95 Å². The van der Waals surface area contributed by atoms with Crippen molar-refractivity contribution < 1.29 is 5.11 Å². The summed E-state index contributed by atoms with van der Waals surface area (Å²) in [5.41, 5.74) is 3.72. The zero-order chi connectivity index (χ0) is 17.8. The van der Waals surface area contributed by atoms with Crippen LogP contribution in [0.25, 0.3) is 11.3 Å². The van der Waals surface area contributed by atoms with Crippen LogP contribution in [0.1, 0.15) is 11.4 Å². The molecule has 128 valence electrons. The predicted octanol–water partition coefficient (Wildman–Crippen LogP) is 3.30. The second kappa shape index (κ2) is 7.02. The van der Waals surface area contributed by atoms with Crippen molar-refractivity contribution in [1.82, 2.24) is 25.1 Å². The van der Waals surface area contributed by atoms with E-state index in [4.69, 9.17) is 0 Å². The minimum atomic E-state index is 0.216. The first-order chi connectivity index (χ1) is 12.8. The van der Waals surface area contributed by atoms with Crippen LogP contribution in [0.4, 0.5) is 11.6 Å². The van der Waals surface area contributed by atoms with Crippen LogP contribution in [0.5, 0.6) is 5.75 Å². The van der Waals surface area contributed by atoms with E-state index in [2.05, 4.69) is 36.5 Å². The average molecular weight is 344 g/mol. The minimum absolute atomic E-state index is 0.216. The van der Waals surface area contributed by atoms with Gasteiger partial charge in [-0.25, -0.2) is 15.0 Å². The second-order valence-electron chi connectivity index (χ2n) is 5.73. The Morgan fingerprint density at radius 2 is 1.88 bits per heavy atom. The maximum absolute atomic E-state index is 9.36. The van der Waals surface area contributed by atoms with Crippen LogP contribution >= 0.6 is 0 Å². The monoisotopic (exact) mass is 344 g/mol. The molecule has 0 spiro atoms. The fourth-order valence-electron chi connectivity index (χ4n) is 2.60. The number of hydrogen-bond acceptors (Lipinski definition) is 6. The Labute approximate surface area is 149 Å². The summed E-state index contributed by atoms with van der Waals surface area (Å²) in [7, 11) is 0. The van der Waals surface area contributed by atoms with Gasteiger partial charge in [0.1, 0.15) is 12.1 Å². The first-order valence-corrected chi connectivity index (χ1v) is 8.09. The molecular weight excluding hydrogens is 328 g/mol. The number of aromatic hydroxyl groups is 1. The van der Waals surface area contributed by atoms with E-state index < -0.39 is 0 Å². The summed E-state index contributed by atoms with van der Waals surface area (Å²) in [6.07, 6.45) is 3.94. The molecule has 0 atom stereocenters. The summed E-state index contributed by atoms with van der Waals surface area (Å²) in [5.74, 6) is 1.46. The van der Waals surface area contributed by atoms with Gasteiger partial charge in [-0.05, 0) is 42.0 Å². The molecule has 2 aromatic carbocycles. The lowest BCUT2D eigenvalue weighted by molar-refractivity contribution is 0.475. The van der Waals surface area contributed by atoms with Crippen molar-refractivity contribution in [3.05, 3.63) is 78.5 Å². The summed E-state index contributed by atoms with van der Waals surface area (Å²) in [6, 6.07) is 16.7. The number of H-pyrrole nitrogens is 1. The molecule has 0 aliphatic carbocycles. The van der Waals surface area contributed by atoms with Gasteiger partial charge >= 0.3 is 0 Å². The molecule has 26 heavy (non-hydrogen) atoms. The number of phenols is 1. The van der Waals surface area contributed by atoms with Crippen molar-refractivity contribution in [2.24, 2.45) is 0 Å². The van der Waals surface area contributed by atoms with Crippen molar-refractivity contribution in [1.29, 1.82) is 0 Å². The van der Waals surface area contributed by atoms with E-state index in [1.54, 1.807) is 36.8 Å². The van der Waals surface area contributed by atoms with Gasteiger partial charge in [-0.1, -0.05) is 18.2 Å². The summed E-state index contributed by atoms with van der Waals surface area (Å²) in [5, 5.41) is 19.3. The lowest BCUT2D eigenvalue weighted by atomic mass is 10.1. The average Bonchev–Trinajstić information content (AvgIpc) is 3.17. The summed E-state index contributed by atoms with van der Waals surface area (Å²) in [6.45, 7) is 0. The van der Waals surface area contributed by atoms with Gasteiger partial charge in [-0.15, -0.1) is 0 Å². The molecule has 4 rings (SSSR count). The number of aromatic nitrogens is 5. The van der Waals surface area contributed by atoms with Crippen molar-refractivity contribution in [2.75, 3.05) is 5.32 Å². The Kier molecular flexibility index (Phi) is 4.26. The second-order valence-corrected chi connectivity index (χ2v) is 5.73. The molecule has 0 aliphatic heterocycles. The Hall–Kier alpha value is -3.74. The standard InChI is InChI=1S/C19H16N6O/c26-16-6-4-15(5-7-16)23-19-20-9-8-17(24-19)14-3-1-2-13(10-14)11-18-21-12-22-25-18/h1-10,12,26H,11H2,(H,20,23,24)(H,21,22,25). The van der Waals surface area contributed by atoms with Crippen LogP contribution in [0, 0.1) is 0 Å². The molecule has 0 unspecified atom stereocenters. The molecule has 0 saturated heterocycles. The topological polar surface area (TPSA) is 99.6 Å². The Morgan fingerprint density at radius 3 is 2.69 bits per heavy atom. The molecule has 4 aromatic rings. The Bertz CT molecular complexity index is 999. The zero-order valence-corrected chi connectivity index (χ0v) is 13.8. The third-order valence-electron chi connectivity index (χ3n) is 3.83. The van der Waals surface area contributed by atoms with E-state index >= 15 is 0 Å². The van der Waals surface area contributed by atoms with Crippen molar-refractivity contribution >= 4 is 11.6 Å². The first kappa shape index (κ1) is 15.8. The van der Waals surface area contributed by atoms with Gasteiger partial charge in [-0.2, -0.15) is 5.10 Å². The van der Waals surface area contributed by atoms with Crippen LogP contribution in [0.15, 0.2) is 67.1 Å². The van der Waals surface area contributed by atoms with Gasteiger partial charge in [0.25, 0.3) is 0 Å². The quantitative estimate of drug-likeness (QED) is 0.480. The highest BCUT2D eigenvalue weighted by Crippen LogP contribution is 2.22. The Balaban J connectivity index is 1.57. The number of aromatic amines is 1. The number of anilines is 2. The number of benzene rings is 2. The Morgan fingerprint density at radius 1 is 1.00 bits per heavy atom. The smallest absolute Gasteiger partial charge is 0.227 e. The molecule has 7 heteroatoms. The van der Waals surface area contributed by atoms with Crippen LogP contribution in [-0.2, 0) is 6.42 Å². The molecule has 0 aliphatic rings. The van der Waals surface area contributed by atoms with E-state index in [1.807, 2.05) is 24.3 Å². The summed E-state index contributed by atoms with van der Waals surface area (Å²) < 4.78 is 0. The fourth-order valence-corrected chi connectivity index (χ4v) is 2.60. The fraction of sp³-hybridized carbons (Fsp3) is 0.0526. The van der Waals surface area contributed by atoms with Gasteiger partial charge in [-0.3, -0.25) is 5.10 Å². The van der Waals surface area contributed by atoms with Crippen molar-refractivity contribution in [2.45, 2.75) is 6.42 Å². The van der Waals surface area contributed by atoms with E-state index in [0.717, 1.165) is 28.3 Å². The maximum atomic E-state index is 9.36. The molecule has 0 saturated carbocycles. The number of hydrogen-bond donors (Lipinski definition) is 3. The number of phenolic OH excluding ortho intramolecular Hbond substituents is 1. The van der Waals surface area contributed by atoms with Crippen LogP contribution in [0.3, 0.4) is 0 Å². The van der Waals surface area contributed by atoms with E-state index in [0.29, 0.717) is 12.4 Å². The highest BCUT2D eigenvalue weighted by atomic mass is 16.3. The lowest BCUT2D eigenvalue weighted by Gasteiger charge is -2.08. The van der Waals surface area contributed by atoms with Gasteiger partial charge in [0.15, 0.2) is 5.82 Å². The normalized spacial score (nSPS) is 10.6. The van der Waals surface area contributed by atoms with E-state index in [-0.39, 0.29) is 5.75 Å². The molecule has 3 N–H and O–H groups in total. The van der Waals surface area contributed by atoms with Crippen molar-refractivity contribution in [3.63, 3.8) is 0 Å². The minimum Gasteiger partial charge on any atom is -0.508 e. The first-order valence-electron chi connectivity index (χ1n) is 8.09. The van der Waals surface area contributed by atoms with E-state index in [1.165, 1.54) is 0 Å². The molecule has 0 fully saturated rings. The van der Waals surface area contributed by atoms with Gasteiger partial charge in [0.05, 0.1) is 5.69 Å². The molecule has 0 radical (unpaired) electrons. The zero-order valence-electron chi connectivity index (χ0n) is 13.8. The van der Waals surface area contributed by atoms with Gasteiger partial charge in [0, 0.05) is 23.9 Å². The third kappa shape index (κ3) is 3.67. The number of nitrogens with zero attached hydrogens (tertiary/aromatic N) is 4. The van der Waals surface area contributed by atoms with Crippen molar-refractivity contribution in [3.8, 4) is 17.0 Å². The third-order valence-corrected chi connectivity index (χ3v) is 3.83. The lowest BCUT2D eigenvalue weighted by Crippen LogP contribution is -1.98. The number of rotatable bonds is 5. The van der Waals surface area contributed by atoms with Crippen LogP contribution in [-0.4, -0.2) is 30.3 Å². The molecule has 2 heterocycles. The van der Waals surface area contributed by atoms with Gasteiger partial charge < -0.3 is 10.4 Å². The highest BCUT2D eigenvalue weighted by molar-refractivity contribution is 5.63.